The maximum absolute atomic E-state index is 11.7. The number of nitrogens with zero attached hydrogens (tertiary/aromatic N) is 1. The van der Waals surface area contributed by atoms with Crippen molar-refractivity contribution in [2.24, 2.45) is 5.92 Å². The molecule has 1 aromatic heterocycles. The van der Waals surface area contributed by atoms with Gasteiger partial charge in [0.15, 0.2) is 0 Å². The molecule has 1 aliphatic rings. The van der Waals surface area contributed by atoms with E-state index in [0.29, 0.717) is 5.69 Å². The van der Waals surface area contributed by atoms with Gasteiger partial charge in [-0.2, -0.15) is 0 Å². The zero-order valence-electron chi connectivity index (χ0n) is 12.0. The van der Waals surface area contributed by atoms with E-state index in [2.05, 4.69) is 15.3 Å². The number of nitrogen functional groups attached to an aromatic ring is 1. The highest BCUT2D eigenvalue weighted by molar-refractivity contribution is 5.94. The third-order valence-corrected chi connectivity index (χ3v) is 3.88. The predicted octanol–water partition coefficient (Wildman–Crippen LogP) is 3.16. The quantitative estimate of drug-likeness (QED) is 0.648. The Balaban J connectivity index is 1.59. The van der Waals surface area contributed by atoms with Gasteiger partial charge in [-0.3, -0.25) is 4.79 Å². The number of benzene rings is 2. The first kappa shape index (κ1) is 12.9. The Bertz CT molecular complexity index is 847. The number of hydrogen-bond acceptors (Lipinski definition) is 3. The molecule has 3 aromatic rings. The molecule has 1 saturated carbocycles. The SMILES string of the molecule is Nc1ccc2nc(-c3ccc(NC(=O)C4CC4)cc3)[nH]c2c1. The van der Waals surface area contributed by atoms with Crippen molar-refractivity contribution >= 4 is 28.3 Å². The second-order valence-corrected chi connectivity index (χ2v) is 5.70. The summed E-state index contributed by atoms with van der Waals surface area (Å²) < 4.78 is 0. The van der Waals surface area contributed by atoms with Crippen LogP contribution in [0.4, 0.5) is 11.4 Å². The minimum atomic E-state index is 0.118. The van der Waals surface area contributed by atoms with Gasteiger partial charge in [-0.05, 0) is 55.3 Å². The van der Waals surface area contributed by atoms with E-state index in [1.165, 1.54) is 0 Å². The molecule has 5 heteroatoms. The number of nitrogens with one attached hydrogen (secondary N) is 2. The maximum atomic E-state index is 11.7. The average Bonchev–Trinajstić information content (AvgIpc) is 3.28. The number of fused-ring (bicyclic) bond motifs is 1. The van der Waals surface area contributed by atoms with Crippen LogP contribution >= 0.6 is 0 Å². The van der Waals surface area contributed by atoms with Gasteiger partial charge in [0.05, 0.1) is 11.0 Å². The molecule has 1 aliphatic carbocycles. The van der Waals surface area contributed by atoms with Gasteiger partial charge in [0, 0.05) is 22.9 Å². The van der Waals surface area contributed by atoms with Crippen molar-refractivity contribution in [2.45, 2.75) is 12.8 Å². The van der Waals surface area contributed by atoms with E-state index in [0.717, 1.165) is 41.0 Å². The largest absolute Gasteiger partial charge is 0.399 e. The Hall–Kier alpha value is -2.82. The van der Waals surface area contributed by atoms with Gasteiger partial charge in [-0.25, -0.2) is 4.98 Å². The fourth-order valence-corrected chi connectivity index (χ4v) is 2.47. The van der Waals surface area contributed by atoms with E-state index in [4.69, 9.17) is 5.73 Å². The first-order chi connectivity index (χ1) is 10.7. The van der Waals surface area contributed by atoms with Crippen molar-refractivity contribution in [3.63, 3.8) is 0 Å². The third-order valence-electron chi connectivity index (χ3n) is 3.88. The van der Waals surface area contributed by atoms with Gasteiger partial charge < -0.3 is 16.0 Å². The highest BCUT2D eigenvalue weighted by atomic mass is 16.2. The van der Waals surface area contributed by atoms with Crippen LogP contribution in [0.15, 0.2) is 42.5 Å². The normalized spacial score (nSPS) is 14.2. The molecule has 0 spiro atoms. The summed E-state index contributed by atoms with van der Waals surface area (Å²) in [5, 5.41) is 2.93. The van der Waals surface area contributed by atoms with Crippen LogP contribution in [-0.4, -0.2) is 15.9 Å². The molecule has 22 heavy (non-hydrogen) atoms. The molecule has 0 radical (unpaired) electrons. The average molecular weight is 292 g/mol. The highest BCUT2D eigenvalue weighted by Crippen LogP contribution is 2.30. The molecule has 0 bridgehead atoms. The van der Waals surface area contributed by atoms with Crippen LogP contribution in [0.1, 0.15) is 12.8 Å². The number of amides is 1. The molecule has 2 aromatic carbocycles. The molecule has 0 atom stereocenters. The zero-order chi connectivity index (χ0) is 15.1. The lowest BCUT2D eigenvalue weighted by molar-refractivity contribution is -0.117. The van der Waals surface area contributed by atoms with E-state index in [1.54, 1.807) is 0 Å². The molecule has 1 fully saturated rings. The van der Waals surface area contributed by atoms with E-state index in [9.17, 15) is 4.79 Å². The number of aromatic amines is 1. The molecule has 1 amide bonds. The smallest absolute Gasteiger partial charge is 0.227 e. The number of carbonyl (C=O) groups excluding carboxylic acids is 1. The zero-order valence-corrected chi connectivity index (χ0v) is 12.0. The summed E-state index contributed by atoms with van der Waals surface area (Å²) in [6.45, 7) is 0. The van der Waals surface area contributed by atoms with Gasteiger partial charge in [-0.1, -0.05) is 0 Å². The third kappa shape index (κ3) is 2.41. The van der Waals surface area contributed by atoms with Crippen LogP contribution in [0, 0.1) is 5.92 Å². The number of aromatic nitrogens is 2. The number of rotatable bonds is 3. The van der Waals surface area contributed by atoms with Crippen LogP contribution in [0.5, 0.6) is 0 Å². The number of H-pyrrole nitrogens is 1. The van der Waals surface area contributed by atoms with Gasteiger partial charge in [0.2, 0.25) is 5.91 Å². The Labute approximate surface area is 127 Å². The second kappa shape index (κ2) is 4.87. The highest BCUT2D eigenvalue weighted by Gasteiger charge is 2.29. The van der Waals surface area contributed by atoms with Crippen molar-refractivity contribution in [1.29, 1.82) is 0 Å². The number of carbonyl (C=O) groups is 1. The lowest BCUT2D eigenvalue weighted by atomic mass is 10.2. The molecule has 5 nitrogen and oxygen atoms in total. The van der Waals surface area contributed by atoms with E-state index in [1.807, 2.05) is 42.5 Å². The topological polar surface area (TPSA) is 83.8 Å². The van der Waals surface area contributed by atoms with E-state index >= 15 is 0 Å². The van der Waals surface area contributed by atoms with E-state index < -0.39 is 0 Å². The first-order valence-corrected chi connectivity index (χ1v) is 7.35. The summed E-state index contributed by atoms with van der Waals surface area (Å²) in [6, 6.07) is 13.3. The molecule has 0 unspecified atom stereocenters. The number of hydrogen-bond donors (Lipinski definition) is 3. The monoisotopic (exact) mass is 292 g/mol. The van der Waals surface area contributed by atoms with Crippen molar-refractivity contribution < 1.29 is 4.79 Å². The molecule has 4 rings (SSSR count). The Morgan fingerprint density at radius 2 is 1.95 bits per heavy atom. The van der Waals surface area contributed by atoms with Crippen LogP contribution < -0.4 is 11.1 Å². The van der Waals surface area contributed by atoms with Gasteiger partial charge in [0.25, 0.3) is 0 Å². The van der Waals surface area contributed by atoms with Gasteiger partial charge in [-0.15, -0.1) is 0 Å². The molecule has 110 valence electrons. The maximum Gasteiger partial charge on any atom is 0.227 e. The minimum absolute atomic E-state index is 0.118. The van der Waals surface area contributed by atoms with Crippen molar-refractivity contribution in [3.8, 4) is 11.4 Å². The second-order valence-electron chi connectivity index (χ2n) is 5.70. The molecule has 0 aliphatic heterocycles. The number of anilines is 2. The summed E-state index contributed by atoms with van der Waals surface area (Å²) >= 11 is 0. The first-order valence-electron chi connectivity index (χ1n) is 7.35. The summed E-state index contributed by atoms with van der Waals surface area (Å²) in [5.41, 5.74) is 10.1. The molecular weight excluding hydrogens is 276 g/mol. The van der Waals surface area contributed by atoms with Crippen molar-refractivity contribution in [3.05, 3.63) is 42.5 Å². The predicted molar refractivity (Wildman–Crippen MR) is 87.3 cm³/mol. The van der Waals surface area contributed by atoms with Crippen LogP contribution in [0.25, 0.3) is 22.4 Å². The molecule has 1 heterocycles. The number of nitrogens with two attached hydrogens (primary N) is 1. The summed E-state index contributed by atoms with van der Waals surface area (Å²) in [6.07, 6.45) is 2.01. The Kier molecular flexibility index (Phi) is 2.85. The molecule has 4 N–H and O–H groups in total. The Morgan fingerprint density at radius 1 is 1.18 bits per heavy atom. The summed E-state index contributed by atoms with van der Waals surface area (Å²) in [5.74, 6) is 1.12. The van der Waals surface area contributed by atoms with Crippen LogP contribution in [0.2, 0.25) is 0 Å². The molecular formula is C17H16N4O. The van der Waals surface area contributed by atoms with Gasteiger partial charge in [0.1, 0.15) is 5.82 Å². The number of imidazole rings is 1. The van der Waals surface area contributed by atoms with Gasteiger partial charge >= 0.3 is 0 Å². The van der Waals surface area contributed by atoms with Crippen molar-refractivity contribution in [2.75, 3.05) is 11.1 Å². The molecule has 0 saturated heterocycles. The summed E-state index contributed by atoms with van der Waals surface area (Å²) in [7, 11) is 0. The van der Waals surface area contributed by atoms with Crippen molar-refractivity contribution in [1.82, 2.24) is 9.97 Å². The Morgan fingerprint density at radius 3 is 2.68 bits per heavy atom. The van der Waals surface area contributed by atoms with Crippen LogP contribution in [0.3, 0.4) is 0 Å². The lowest BCUT2D eigenvalue weighted by Crippen LogP contribution is -2.12. The standard InChI is InChI=1S/C17H16N4O/c18-12-5-8-14-15(9-12)21-16(20-14)10-3-6-13(7-4-10)19-17(22)11-1-2-11/h3-9,11H,1-2,18H2,(H,19,22)(H,20,21). The summed E-state index contributed by atoms with van der Waals surface area (Å²) in [4.78, 5) is 19.6. The fourth-order valence-electron chi connectivity index (χ4n) is 2.47. The van der Waals surface area contributed by atoms with E-state index in [-0.39, 0.29) is 11.8 Å². The fraction of sp³-hybridized carbons (Fsp3) is 0.176. The lowest BCUT2D eigenvalue weighted by Gasteiger charge is -2.04. The minimum Gasteiger partial charge on any atom is -0.399 e. The van der Waals surface area contributed by atoms with Crippen LogP contribution in [-0.2, 0) is 4.79 Å².